The lowest BCUT2D eigenvalue weighted by atomic mass is 9.90. The van der Waals surface area contributed by atoms with Gasteiger partial charge in [0.05, 0.1) is 35.8 Å². The number of hydrogen-bond donors (Lipinski definition) is 0. The average Bonchev–Trinajstić information content (AvgIpc) is 3.22. The second-order valence-electron chi connectivity index (χ2n) is 9.78. The topological polar surface area (TPSA) is 49.1 Å². The molecule has 2 saturated heterocycles. The number of piperidine rings is 1. The lowest BCUT2D eigenvalue weighted by Crippen LogP contribution is -2.45. The van der Waals surface area contributed by atoms with Gasteiger partial charge in [-0.2, -0.15) is 0 Å². The molecule has 2 aliphatic heterocycles. The number of fused-ring (bicyclic) bond motifs is 1. The van der Waals surface area contributed by atoms with Gasteiger partial charge in [0, 0.05) is 39.0 Å². The molecule has 0 saturated carbocycles. The summed E-state index contributed by atoms with van der Waals surface area (Å²) in [5, 5.41) is 0. The number of rotatable bonds is 6. The van der Waals surface area contributed by atoms with Crippen LogP contribution in [0.1, 0.15) is 60.9 Å². The van der Waals surface area contributed by atoms with Crippen molar-refractivity contribution in [3.63, 3.8) is 0 Å². The van der Waals surface area contributed by atoms with Crippen molar-refractivity contribution in [2.45, 2.75) is 51.8 Å². The Labute approximate surface area is 203 Å². The van der Waals surface area contributed by atoms with Crippen LogP contribution in [0.25, 0.3) is 5.65 Å². The highest BCUT2D eigenvalue weighted by Crippen LogP contribution is 2.42. The maximum atomic E-state index is 6.02. The zero-order valence-electron chi connectivity index (χ0n) is 21.1. The van der Waals surface area contributed by atoms with Crippen LogP contribution in [0.3, 0.4) is 0 Å². The molecular formula is C27H38N6O. The number of aromatic nitrogens is 3. The molecule has 5 rings (SSSR count). The van der Waals surface area contributed by atoms with Crippen LogP contribution in [0, 0.1) is 6.92 Å². The number of likely N-dealkylation sites (tertiary alicyclic amines) is 1. The van der Waals surface area contributed by atoms with Gasteiger partial charge in [-0.25, -0.2) is 4.98 Å². The highest BCUT2D eigenvalue weighted by atomic mass is 16.5. The Hall–Kier alpha value is -2.48. The zero-order valence-corrected chi connectivity index (χ0v) is 21.1. The van der Waals surface area contributed by atoms with Crippen LogP contribution in [-0.2, 0) is 11.3 Å². The van der Waals surface area contributed by atoms with E-state index in [-0.39, 0.29) is 6.04 Å². The fourth-order valence-corrected chi connectivity index (χ4v) is 5.67. The first-order chi connectivity index (χ1) is 16.6. The molecule has 7 nitrogen and oxygen atoms in total. The number of anilines is 1. The van der Waals surface area contributed by atoms with Gasteiger partial charge in [0.2, 0.25) is 0 Å². The standard InChI is InChI=1S/C27H38N6O/c1-5-34-19-23-27(22-11-6-10-21(31(22)4)26-20(2)9-8-14-28-26)29-24-12-7-13-25(33(23)24)32-17-15-30(3)16-18-32/h7-9,12-14,21-22H,5-6,10-11,15-19H2,1-4H3. The predicted octanol–water partition coefficient (Wildman–Crippen LogP) is 4.22. The van der Waals surface area contributed by atoms with Crippen molar-refractivity contribution in [2.75, 3.05) is 51.8 Å². The molecule has 182 valence electrons. The fraction of sp³-hybridized carbons (Fsp3) is 0.556. The first kappa shape index (κ1) is 23.3. The summed E-state index contributed by atoms with van der Waals surface area (Å²) in [5.74, 6) is 1.23. The Balaban J connectivity index is 1.56. The van der Waals surface area contributed by atoms with Gasteiger partial charge in [-0.3, -0.25) is 14.3 Å². The molecule has 0 aromatic carbocycles. The van der Waals surface area contributed by atoms with Gasteiger partial charge in [0.15, 0.2) is 0 Å². The maximum absolute atomic E-state index is 6.02. The number of piperazine rings is 1. The molecule has 34 heavy (non-hydrogen) atoms. The van der Waals surface area contributed by atoms with Gasteiger partial charge < -0.3 is 14.5 Å². The summed E-state index contributed by atoms with van der Waals surface area (Å²) >= 11 is 0. The van der Waals surface area contributed by atoms with Gasteiger partial charge in [-0.1, -0.05) is 12.1 Å². The third-order valence-corrected chi connectivity index (χ3v) is 7.64. The molecule has 0 aliphatic carbocycles. The van der Waals surface area contributed by atoms with Crippen LogP contribution >= 0.6 is 0 Å². The minimum Gasteiger partial charge on any atom is -0.375 e. The molecule has 2 atom stereocenters. The van der Waals surface area contributed by atoms with Crippen LogP contribution in [0.5, 0.6) is 0 Å². The number of hydrogen-bond acceptors (Lipinski definition) is 6. The van der Waals surface area contributed by atoms with E-state index in [1.807, 2.05) is 12.3 Å². The number of aryl methyl sites for hydroxylation is 1. The van der Waals surface area contributed by atoms with Gasteiger partial charge in [-0.15, -0.1) is 0 Å². The Morgan fingerprint density at radius 2 is 1.74 bits per heavy atom. The third-order valence-electron chi connectivity index (χ3n) is 7.64. The second kappa shape index (κ2) is 10.0. The summed E-state index contributed by atoms with van der Waals surface area (Å²) < 4.78 is 8.39. The third kappa shape index (κ3) is 4.32. The first-order valence-electron chi connectivity index (χ1n) is 12.7. The normalized spacial score (nSPS) is 22.5. The lowest BCUT2D eigenvalue weighted by molar-refractivity contribution is 0.101. The Morgan fingerprint density at radius 1 is 0.971 bits per heavy atom. The molecule has 7 heteroatoms. The van der Waals surface area contributed by atoms with E-state index < -0.39 is 0 Å². The summed E-state index contributed by atoms with van der Waals surface area (Å²) in [5.41, 5.74) is 5.84. The number of imidazole rings is 1. The van der Waals surface area contributed by atoms with Crippen molar-refractivity contribution < 1.29 is 4.74 Å². The Kier molecular flexibility index (Phi) is 6.86. The highest BCUT2D eigenvalue weighted by Gasteiger charge is 2.35. The van der Waals surface area contributed by atoms with Gasteiger partial charge in [-0.05, 0) is 71.0 Å². The van der Waals surface area contributed by atoms with E-state index in [9.17, 15) is 0 Å². The summed E-state index contributed by atoms with van der Waals surface area (Å²) in [6.07, 6.45) is 5.33. The molecule has 3 aromatic rings. The van der Waals surface area contributed by atoms with E-state index in [1.54, 1.807) is 0 Å². The smallest absolute Gasteiger partial charge is 0.138 e. The molecule has 0 N–H and O–H groups in total. The van der Waals surface area contributed by atoms with Crippen molar-refractivity contribution in [3.05, 3.63) is 59.2 Å². The largest absolute Gasteiger partial charge is 0.375 e. The quantitative estimate of drug-likeness (QED) is 0.547. The number of nitrogens with zero attached hydrogens (tertiary/aromatic N) is 6. The number of pyridine rings is 2. The van der Waals surface area contributed by atoms with Crippen LogP contribution in [-0.4, -0.2) is 71.0 Å². The summed E-state index contributed by atoms with van der Waals surface area (Å²) in [6.45, 7) is 9.73. The van der Waals surface area contributed by atoms with E-state index in [0.717, 1.165) is 50.4 Å². The van der Waals surface area contributed by atoms with E-state index in [0.29, 0.717) is 19.3 Å². The molecule has 2 aliphatic rings. The van der Waals surface area contributed by atoms with E-state index in [1.165, 1.54) is 29.2 Å². The van der Waals surface area contributed by atoms with E-state index >= 15 is 0 Å². The molecule has 0 amide bonds. The zero-order chi connectivity index (χ0) is 23.7. The molecule has 0 bridgehead atoms. The van der Waals surface area contributed by atoms with Crippen molar-refractivity contribution >= 4 is 11.5 Å². The van der Waals surface area contributed by atoms with Crippen molar-refractivity contribution in [3.8, 4) is 0 Å². The molecule has 5 heterocycles. The van der Waals surface area contributed by atoms with Gasteiger partial charge in [0.25, 0.3) is 0 Å². The highest BCUT2D eigenvalue weighted by molar-refractivity contribution is 5.55. The predicted molar refractivity (Wildman–Crippen MR) is 136 cm³/mol. The van der Waals surface area contributed by atoms with Crippen LogP contribution in [0.4, 0.5) is 5.82 Å². The molecule has 2 unspecified atom stereocenters. The minimum atomic E-state index is 0.246. The monoisotopic (exact) mass is 462 g/mol. The summed E-state index contributed by atoms with van der Waals surface area (Å²) in [7, 11) is 4.45. The molecule has 0 spiro atoms. The van der Waals surface area contributed by atoms with E-state index in [4.69, 9.17) is 14.7 Å². The van der Waals surface area contributed by atoms with Crippen molar-refractivity contribution in [1.82, 2.24) is 24.2 Å². The minimum absolute atomic E-state index is 0.246. The first-order valence-corrected chi connectivity index (χ1v) is 12.7. The van der Waals surface area contributed by atoms with E-state index in [2.05, 4.69) is 71.3 Å². The van der Waals surface area contributed by atoms with Crippen molar-refractivity contribution in [2.24, 2.45) is 0 Å². The summed E-state index contributed by atoms with van der Waals surface area (Å²) in [4.78, 5) is 17.4. The van der Waals surface area contributed by atoms with Gasteiger partial charge in [0.1, 0.15) is 11.5 Å². The second-order valence-corrected chi connectivity index (χ2v) is 9.78. The van der Waals surface area contributed by atoms with Crippen LogP contribution in [0.2, 0.25) is 0 Å². The van der Waals surface area contributed by atoms with Crippen LogP contribution in [0.15, 0.2) is 36.5 Å². The Morgan fingerprint density at radius 3 is 2.47 bits per heavy atom. The maximum Gasteiger partial charge on any atom is 0.138 e. The lowest BCUT2D eigenvalue weighted by Gasteiger charge is -2.39. The number of likely N-dealkylation sites (N-methyl/N-ethyl adjacent to an activating group) is 1. The van der Waals surface area contributed by atoms with Crippen LogP contribution < -0.4 is 4.90 Å². The van der Waals surface area contributed by atoms with Crippen molar-refractivity contribution in [1.29, 1.82) is 0 Å². The average molecular weight is 463 g/mol. The molecule has 3 aromatic heterocycles. The SMILES string of the molecule is CCOCc1c(C2CCCC(c3ncccc3C)N2C)nc2cccc(N3CCN(C)CC3)n12. The molecule has 2 fully saturated rings. The number of ether oxygens (including phenoxy) is 1. The Bertz CT molecular complexity index is 1120. The molecule has 0 radical (unpaired) electrons. The fourth-order valence-electron chi connectivity index (χ4n) is 5.67. The summed E-state index contributed by atoms with van der Waals surface area (Å²) in [6, 6.07) is 11.3. The van der Waals surface area contributed by atoms with Gasteiger partial charge >= 0.3 is 0 Å². The molecular weight excluding hydrogens is 424 g/mol.